The van der Waals surface area contributed by atoms with Crippen LogP contribution in [0.15, 0.2) is 32.6 Å². The van der Waals surface area contributed by atoms with Gasteiger partial charge in [-0.2, -0.15) is 4.98 Å². The first-order valence-electron chi connectivity index (χ1n) is 7.51. The Hall–Kier alpha value is -3.01. The standard InChI is InChI=1S/C15H15N5O4S/c1-9-18-13(20-23-9)15(22)17-6-3-5-16-14(21)10-8-11(24-19-10)12-4-2-7-25-12/h2,4,7-8H,3,5-6H2,1H3,(H,16,21)(H,17,22). The number of carbonyl (C=O) groups is 2. The first-order valence-corrected chi connectivity index (χ1v) is 8.39. The first kappa shape index (κ1) is 16.8. The lowest BCUT2D eigenvalue weighted by atomic mass is 10.3. The molecule has 0 radical (unpaired) electrons. The number of nitrogens with zero attached hydrogens (tertiary/aromatic N) is 3. The van der Waals surface area contributed by atoms with E-state index < -0.39 is 5.91 Å². The Labute approximate surface area is 146 Å². The minimum absolute atomic E-state index is 0.00904. The SMILES string of the molecule is Cc1nc(C(=O)NCCCNC(=O)c2cc(-c3cccs3)on2)no1. The van der Waals surface area contributed by atoms with Gasteiger partial charge in [0.2, 0.25) is 5.89 Å². The predicted octanol–water partition coefficient (Wildman–Crippen LogP) is 1.64. The quantitative estimate of drug-likeness (QED) is 0.613. The highest BCUT2D eigenvalue weighted by atomic mass is 32.1. The van der Waals surface area contributed by atoms with Crippen molar-refractivity contribution in [3.63, 3.8) is 0 Å². The van der Waals surface area contributed by atoms with Gasteiger partial charge in [-0.15, -0.1) is 11.3 Å². The van der Waals surface area contributed by atoms with Gasteiger partial charge in [0.15, 0.2) is 11.5 Å². The molecule has 0 aliphatic heterocycles. The number of aryl methyl sites for hydroxylation is 1. The molecule has 2 amide bonds. The van der Waals surface area contributed by atoms with E-state index in [-0.39, 0.29) is 17.4 Å². The first-order chi connectivity index (χ1) is 12.1. The molecular weight excluding hydrogens is 346 g/mol. The summed E-state index contributed by atoms with van der Waals surface area (Å²) in [6.45, 7) is 2.35. The van der Waals surface area contributed by atoms with Crippen molar-refractivity contribution in [3.05, 3.63) is 41.0 Å². The number of rotatable bonds is 7. The lowest BCUT2D eigenvalue weighted by molar-refractivity contribution is 0.0939. The van der Waals surface area contributed by atoms with E-state index in [1.54, 1.807) is 13.0 Å². The summed E-state index contributed by atoms with van der Waals surface area (Å²) in [6.07, 6.45) is 0.546. The normalized spacial score (nSPS) is 10.6. The van der Waals surface area contributed by atoms with Gasteiger partial charge < -0.3 is 19.7 Å². The van der Waals surface area contributed by atoms with Crippen LogP contribution >= 0.6 is 11.3 Å². The third-order valence-electron chi connectivity index (χ3n) is 3.16. The molecule has 130 valence electrons. The minimum Gasteiger partial charge on any atom is -0.355 e. The zero-order chi connectivity index (χ0) is 17.6. The van der Waals surface area contributed by atoms with Gasteiger partial charge in [0.05, 0.1) is 4.88 Å². The van der Waals surface area contributed by atoms with Crippen LogP contribution in [0.2, 0.25) is 0 Å². The molecule has 25 heavy (non-hydrogen) atoms. The zero-order valence-electron chi connectivity index (χ0n) is 13.3. The maximum Gasteiger partial charge on any atom is 0.292 e. The second kappa shape index (κ2) is 7.71. The van der Waals surface area contributed by atoms with Crippen LogP contribution in [-0.2, 0) is 0 Å². The van der Waals surface area contributed by atoms with Crippen LogP contribution in [0.1, 0.15) is 33.4 Å². The molecule has 0 unspecified atom stereocenters. The zero-order valence-corrected chi connectivity index (χ0v) is 14.1. The number of amides is 2. The lowest BCUT2D eigenvalue weighted by Crippen LogP contribution is -2.30. The molecule has 2 N–H and O–H groups in total. The van der Waals surface area contributed by atoms with E-state index in [2.05, 4.69) is 25.9 Å². The number of thiophene rings is 1. The highest BCUT2D eigenvalue weighted by Gasteiger charge is 2.14. The molecule has 0 spiro atoms. The van der Waals surface area contributed by atoms with Crippen LogP contribution in [0.25, 0.3) is 10.6 Å². The van der Waals surface area contributed by atoms with Crippen molar-refractivity contribution in [2.75, 3.05) is 13.1 Å². The number of hydrogen-bond acceptors (Lipinski definition) is 8. The third-order valence-corrected chi connectivity index (χ3v) is 4.05. The van der Waals surface area contributed by atoms with E-state index in [9.17, 15) is 9.59 Å². The molecule has 0 atom stereocenters. The smallest absolute Gasteiger partial charge is 0.292 e. The Balaban J connectivity index is 1.39. The molecule has 0 fully saturated rings. The van der Waals surface area contributed by atoms with Crippen molar-refractivity contribution in [2.24, 2.45) is 0 Å². The maximum atomic E-state index is 12.0. The average molecular weight is 361 g/mol. The Bertz CT molecular complexity index is 855. The van der Waals surface area contributed by atoms with E-state index in [0.29, 0.717) is 31.2 Å². The van der Waals surface area contributed by atoms with E-state index >= 15 is 0 Å². The molecule has 3 rings (SSSR count). The molecule has 10 heteroatoms. The van der Waals surface area contributed by atoms with Gasteiger partial charge >= 0.3 is 0 Å². The summed E-state index contributed by atoms with van der Waals surface area (Å²) in [5, 5.41) is 14.6. The predicted molar refractivity (Wildman–Crippen MR) is 88.1 cm³/mol. The molecule has 0 aliphatic carbocycles. The van der Waals surface area contributed by atoms with Crippen molar-refractivity contribution >= 4 is 23.2 Å². The second-order valence-corrected chi connectivity index (χ2v) is 6.00. The molecule has 0 bridgehead atoms. The lowest BCUT2D eigenvalue weighted by Gasteiger charge is -2.03. The highest BCUT2D eigenvalue weighted by molar-refractivity contribution is 7.13. The minimum atomic E-state index is -0.416. The van der Waals surface area contributed by atoms with Crippen LogP contribution in [0.5, 0.6) is 0 Å². The maximum absolute atomic E-state index is 12.0. The van der Waals surface area contributed by atoms with Crippen molar-refractivity contribution in [2.45, 2.75) is 13.3 Å². The van der Waals surface area contributed by atoms with Crippen LogP contribution in [0, 0.1) is 6.92 Å². The van der Waals surface area contributed by atoms with Crippen LogP contribution in [0.4, 0.5) is 0 Å². The summed E-state index contributed by atoms with van der Waals surface area (Å²) in [5.41, 5.74) is 0.217. The largest absolute Gasteiger partial charge is 0.355 e. The summed E-state index contributed by atoms with van der Waals surface area (Å²) in [6, 6.07) is 5.38. The molecule has 0 aromatic carbocycles. The van der Waals surface area contributed by atoms with E-state index in [1.807, 2.05) is 17.5 Å². The molecule has 3 heterocycles. The Kier molecular flexibility index (Phi) is 5.19. The molecule has 0 aliphatic rings. The second-order valence-electron chi connectivity index (χ2n) is 5.06. The van der Waals surface area contributed by atoms with Crippen molar-refractivity contribution in [1.29, 1.82) is 0 Å². The van der Waals surface area contributed by atoms with Gasteiger partial charge in [-0.3, -0.25) is 9.59 Å². The molecule has 0 saturated carbocycles. The number of hydrogen-bond donors (Lipinski definition) is 2. The summed E-state index contributed by atoms with van der Waals surface area (Å²) in [5.74, 6) is 0.131. The van der Waals surface area contributed by atoms with E-state index in [1.165, 1.54) is 11.3 Å². The van der Waals surface area contributed by atoms with Crippen LogP contribution in [0.3, 0.4) is 0 Å². The molecule has 9 nitrogen and oxygen atoms in total. The Morgan fingerprint density at radius 3 is 2.64 bits per heavy atom. The molecule has 3 aromatic rings. The van der Waals surface area contributed by atoms with Gasteiger partial charge in [0.25, 0.3) is 17.6 Å². The van der Waals surface area contributed by atoms with E-state index in [0.717, 1.165) is 4.88 Å². The summed E-state index contributed by atoms with van der Waals surface area (Å²) < 4.78 is 9.89. The van der Waals surface area contributed by atoms with Crippen molar-refractivity contribution in [3.8, 4) is 10.6 Å². The van der Waals surface area contributed by atoms with E-state index in [4.69, 9.17) is 9.05 Å². The van der Waals surface area contributed by atoms with Crippen LogP contribution < -0.4 is 10.6 Å². The fraction of sp³-hybridized carbons (Fsp3) is 0.267. The molecule has 3 aromatic heterocycles. The average Bonchev–Trinajstić information content (AvgIpc) is 3.34. The summed E-state index contributed by atoms with van der Waals surface area (Å²) in [4.78, 5) is 28.4. The Morgan fingerprint density at radius 1 is 1.16 bits per heavy atom. The van der Waals surface area contributed by atoms with Gasteiger partial charge in [0, 0.05) is 26.1 Å². The summed E-state index contributed by atoms with van der Waals surface area (Å²) in [7, 11) is 0. The fourth-order valence-corrected chi connectivity index (χ4v) is 2.64. The number of aromatic nitrogens is 3. The Morgan fingerprint density at radius 2 is 1.96 bits per heavy atom. The fourth-order valence-electron chi connectivity index (χ4n) is 1.97. The highest BCUT2D eigenvalue weighted by Crippen LogP contribution is 2.24. The van der Waals surface area contributed by atoms with Crippen molar-refractivity contribution in [1.82, 2.24) is 25.9 Å². The number of nitrogens with one attached hydrogen (secondary N) is 2. The van der Waals surface area contributed by atoms with Crippen molar-refractivity contribution < 1.29 is 18.6 Å². The van der Waals surface area contributed by atoms with Gasteiger partial charge in [-0.1, -0.05) is 16.4 Å². The van der Waals surface area contributed by atoms with Crippen LogP contribution in [-0.4, -0.2) is 40.2 Å². The van der Waals surface area contributed by atoms with Gasteiger partial charge in [-0.05, 0) is 17.9 Å². The topological polar surface area (TPSA) is 123 Å². The number of carbonyl (C=O) groups excluding carboxylic acids is 2. The third kappa shape index (κ3) is 4.29. The van der Waals surface area contributed by atoms with Gasteiger partial charge in [0.1, 0.15) is 0 Å². The summed E-state index contributed by atoms with van der Waals surface area (Å²) >= 11 is 1.51. The van der Waals surface area contributed by atoms with Gasteiger partial charge in [-0.25, -0.2) is 0 Å². The molecule has 0 saturated heterocycles. The monoisotopic (exact) mass is 361 g/mol. The molecular formula is C15H15N5O4S.